The summed E-state index contributed by atoms with van der Waals surface area (Å²) < 4.78 is 29.9. The minimum Gasteiger partial charge on any atom is -0.349 e. The van der Waals surface area contributed by atoms with Crippen LogP contribution in [0.25, 0.3) is 5.65 Å². The number of amides is 2. The lowest BCUT2D eigenvalue weighted by atomic mass is 10.0. The summed E-state index contributed by atoms with van der Waals surface area (Å²) >= 11 is 0. The minimum absolute atomic E-state index is 0.172. The first-order valence-electron chi connectivity index (χ1n) is 11.4. The van der Waals surface area contributed by atoms with E-state index in [2.05, 4.69) is 22.2 Å². The third-order valence-electron chi connectivity index (χ3n) is 6.57. The Morgan fingerprint density at radius 3 is 2.76 bits per heavy atom. The second-order valence-electron chi connectivity index (χ2n) is 8.48. The van der Waals surface area contributed by atoms with Crippen LogP contribution in [0.2, 0.25) is 0 Å². The van der Waals surface area contributed by atoms with Gasteiger partial charge >= 0.3 is 6.03 Å². The van der Waals surface area contributed by atoms with Crippen LogP contribution < -0.4 is 10.2 Å². The third kappa shape index (κ3) is 4.22. The minimum atomic E-state index is -0.456. The molecule has 0 spiro atoms. The second-order valence-corrected chi connectivity index (χ2v) is 8.48. The van der Waals surface area contributed by atoms with Gasteiger partial charge < -0.3 is 20.0 Å². The van der Waals surface area contributed by atoms with Crippen molar-refractivity contribution in [3.05, 3.63) is 53.9 Å². The van der Waals surface area contributed by atoms with Crippen molar-refractivity contribution >= 4 is 23.2 Å². The molecule has 0 saturated carbocycles. The fourth-order valence-electron chi connectivity index (χ4n) is 4.70. The zero-order valence-corrected chi connectivity index (χ0v) is 18.5. The molecule has 2 aliphatic rings. The Balaban J connectivity index is 1.38. The molecule has 2 saturated heterocycles. The van der Waals surface area contributed by atoms with E-state index >= 15 is 0 Å². The van der Waals surface area contributed by atoms with Gasteiger partial charge in [0, 0.05) is 44.5 Å². The van der Waals surface area contributed by atoms with Gasteiger partial charge in [0.2, 0.25) is 0 Å². The van der Waals surface area contributed by atoms with Gasteiger partial charge in [0.25, 0.3) is 0 Å². The maximum absolute atomic E-state index is 14.5. The van der Waals surface area contributed by atoms with Crippen molar-refractivity contribution in [1.82, 2.24) is 24.4 Å². The lowest BCUT2D eigenvalue weighted by molar-refractivity contribution is 0.151. The van der Waals surface area contributed by atoms with Gasteiger partial charge in [-0.1, -0.05) is 6.92 Å². The number of carbonyl (C=O) groups excluding carboxylic acids is 1. The first-order valence-corrected chi connectivity index (χ1v) is 11.4. The molecule has 10 heteroatoms. The standard InChI is InChI=1S/C23H27F2N7O/c1-2-29-10-12-30(13-11-29)23(33)27-19-15-26-32-9-7-21(28-22(19)32)31-8-3-4-20(31)17-14-16(24)5-6-18(17)25/h5-7,9,14-15,20H,2-4,8,10-13H2,1H3,(H,27,33)/t20-/m1/s1. The number of nitrogens with one attached hydrogen (secondary N) is 1. The monoisotopic (exact) mass is 455 g/mol. The number of nitrogens with zero attached hydrogens (tertiary/aromatic N) is 6. The van der Waals surface area contributed by atoms with Gasteiger partial charge in [0.05, 0.1) is 12.2 Å². The highest BCUT2D eigenvalue weighted by Gasteiger charge is 2.30. The van der Waals surface area contributed by atoms with E-state index in [4.69, 9.17) is 4.98 Å². The number of hydrogen-bond donors (Lipinski definition) is 1. The molecule has 3 aromatic rings. The number of hydrogen-bond acceptors (Lipinski definition) is 5. The highest BCUT2D eigenvalue weighted by molar-refractivity contribution is 5.93. The zero-order valence-electron chi connectivity index (χ0n) is 18.5. The number of halogens is 2. The van der Waals surface area contributed by atoms with E-state index in [0.717, 1.165) is 32.1 Å². The second kappa shape index (κ2) is 8.93. The number of urea groups is 1. The highest BCUT2D eigenvalue weighted by Crippen LogP contribution is 2.37. The van der Waals surface area contributed by atoms with Crippen molar-refractivity contribution in [2.45, 2.75) is 25.8 Å². The van der Waals surface area contributed by atoms with Crippen molar-refractivity contribution in [2.75, 3.05) is 49.5 Å². The molecule has 1 aromatic carbocycles. The molecule has 2 aromatic heterocycles. The van der Waals surface area contributed by atoms with Gasteiger partial charge in [-0.05, 0) is 43.7 Å². The number of rotatable bonds is 4. The van der Waals surface area contributed by atoms with Crippen LogP contribution in [0.3, 0.4) is 0 Å². The number of carbonyl (C=O) groups is 1. The molecule has 1 N–H and O–H groups in total. The molecule has 0 radical (unpaired) electrons. The number of anilines is 2. The first kappa shape index (κ1) is 21.6. The average Bonchev–Trinajstić information content (AvgIpc) is 3.48. The molecule has 0 unspecified atom stereocenters. The van der Waals surface area contributed by atoms with E-state index in [1.54, 1.807) is 21.8 Å². The van der Waals surface area contributed by atoms with E-state index < -0.39 is 11.6 Å². The van der Waals surface area contributed by atoms with Crippen molar-refractivity contribution in [3.8, 4) is 0 Å². The summed E-state index contributed by atoms with van der Waals surface area (Å²) in [4.78, 5) is 23.6. The Hall–Kier alpha value is -3.27. The van der Waals surface area contributed by atoms with Crippen LogP contribution in [-0.2, 0) is 0 Å². The maximum atomic E-state index is 14.5. The van der Waals surface area contributed by atoms with E-state index in [1.165, 1.54) is 12.1 Å². The average molecular weight is 456 g/mol. The molecule has 0 bridgehead atoms. The van der Waals surface area contributed by atoms with Crippen LogP contribution in [-0.4, -0.2) is 69.7 Å². The highest BCUT2D eigenvalue weighted by atomic mass is 19.1. The van der Waals surface area contributed by atoms with Gasteiger partial charge in [-0.25, -0.2) is 23.1 Å². The molecular weight excluding hydrogens is 428 g/mol. The summed E-state index contributed by atoms with van der Waals surface area (Å²) in [6.45, 7) is 6.83. The van der Waals surface area contributed by atoms with E-state index in [9.17, 15) is 13.6 Å². The first-order chi connectivity index (χ1) is 16.0. The Morgan fingerprint density at radius 2 is 1.97 bits per heavy atom. The lowest BCUT2D eigenvalue weighted by Gasteiger charge is -2.33. The van der Waals surface area contributed by atoms with E-state index in [-0.39, 0.29) is 12.1 Å². The van der Waals surface area contributed by atoms with Crippen molar-refractivity contribution < 1.29 is 13.6 Å². The van der Waals surface area contributed by atoms with Gasteiger partial charge in [0.15, 0.2) is 5.65 Å². The summed E-state index contributed by atoms with van der Waals surface area (Å²) in [5.74, 6) is -0.238. The topological polar surface area (TPSA) is 69.0 Å². The number of piperazine rings is 1. The molecule has 5 rings (SSSR count). The van der Waals surface area contributed by atoms with Gasteiger partial charge in [-0.3, -0.25) is 0 Å². The SMILES string of the molecule is CCN1CCN(C(=O)Nc2cnn3ccc(N4CCC[C@@H]4c4cc(F)ccc4F)nc23)CC1. The van der Waals surface area contributed by atoms with Gasteiger partial charge in [-0.2, -0.15) is 5.10 Å². The van der Waals surface area contributed by atoms with E-state index in [1.807, 2.05) is 11.0 Å². The van der Waals surface area contributed by atoms with Crippen LogP contribution in [0, 0.1) is 11.6 Å². The van der Waals surface area contributed by atoms with Crippen LogP contribution in [0.1, 0.15) is 31.4 Å². The molecular formula is C23H27F2N7O. The van der Waals surface area contributed by atoms with Gasteiger partial charge in [0.1, 0.15) is 23.1 Å². The lowest BCUT2D eigenvalue weighted by Crippen LogP contribution is -2.49. The molecule has 2 fully saturated rings. The van der Waals surface area contributed by atoms with Crippen molar-refractivity contribution in [2.24, 2.45) is 0 Å². The largest absolute Gasteiger partial charge is 0.349 e. The summed E-state index contributed by atoms with van der Waals surface area (Å²) in [5, 5.41) is 7.24. The normalized spacial score (nSPS) is 19.4. The van der Waals surface area contributed by atoms with Crippen LogP contribution in [0.5, 0.6) is 0 Å². The molecule has 0 aliphatic carbocycles. The fourth-order valence-corrected chi connectivity index (χ4v) is 4.70. The van der Waals surface area contributed by atoms with Gasteiger partial charge in [-0.15, -0.1) is 0 Å². The number of likely N-dealkylation sites (N-methyl/N-ethyl adjacent to an activating group) is 1. The molecule has 2 amide bonds. The Bertz CT molecular complexity index is 1160. The van der Waals surface area contributed by atoms with E-state index in [0.29, 0.717) is 48.8 Å². The summed E-state index contributed by atoms with van der Waals surface area (Å²) in [6.07, 6.45) is 4.91. The summed E-state index contributed by atoms with van der Waals surface area (Å²) in [5.41, 5.74) is 1.37. The number of benzene rings is 1. The summed E-state index contributed by atoms with van der Waals surface area (Å²) in [7, 11) is 0. The summed E-state index contributed by atoms with van der Waals surface area (Å²) in [6, 6.07) is 4.90. The molecule has 174 valence electrons. The molecule has 8 nitrogen and oxygen atoms in total. The zero-order chi connectivity index (χ0) is 22.9. The Kier molecular flexibility index (Phi) is 5.84. The maximum Gasteiger partial charge on any atom is 0.322 e. The van der Waals surface area contributed by atoms with Crippen molar-refractivity contribution in [3.63, 3.8) is 0 Å². The number of aromatic nitrogens is 3. The quantitative estimate of drug-likeness (QED) is 0.652. The molecule has 33 heavy (non-hydrogen) atoms. The Morgan fingerprint density at radius 1 is 1.15 bits per heavy atom. The van der Waals surface area contributed by atoms with Crippen LogP contribution in [0.4, 0.5) is 25.1 Å². The smallest absolute Gasteiger partial charge is 0.322 e. The van der Waals surface area contributed by atoms with Crippen LogP contribution >= 0.6 is 0 Å². The molecule has 2 aliphatic heterocycles. The van der Waals surface area contributed by atoms with Crippen LogP contribution in [0.15, 0.2) is 36.7 Å². The molecule has 4 heterocycles. The van der Waals surface area contributed by atoms with Crippen molar-refractivity contribution in [1.29, 1.82) is 0 Å². The third-order valence-corrected chi connectivity index (χ3v) is 6.57. The Labute approximate surface area is 190 Å². The predicted molar refractivity (Wildman–Crippen MR) is 121 cm³/mol. The predicted octanol–water partition coefficient (Wildman–Crippen LogP) is 3.52. The fraction of sp³-hybridized carbons (Fsp3) is 0.435. The molecule has 1 atom stereocenters. The number of fused-ring (bicyclic) bond motifs is 1.